The van der Waals surface area contributed by atoms with Gasteiger partial charge in [-0.1, -0.05) is 18.2 Å². The molecule has 3 heteroatoms. The first-order valence-corrected chi connectivity index (χ1v) is 6.03. The van der Waals surface area contributed by atoms with Crippen molar-refractivity contribution in [3.05, 3.63) is 48.5 Å². The number of methoxy groups -OCH3 is 2. The fraction of sp³-hybridized carbons (Fsp3) is 0.125. The van der Waals surface area contributed by atoms with Gasteiger partial charge in [-0.25, -0.2) is 0 Å². The molecule has 0 atom stereocenters. The normalized spacial score (nSPS) is 10.6. The molecule has 3 aromatic rings. The Morgan fingerprint density at radius 3 is 2.47 bits per heavy atom. The Balaban J connectivity index is 2.19. The van der Waals surface area contributed by atoms with Gasteiger partial charge in [0.15, 0.2) is 0 Å². The van der Waals surface area contributed by atoms with E-state index in [4.69, 9.17) is 13.9 Å². The summed E-state index contributed by atoms with van der Waals surface area (Å²) in [5, 5.41) is 1.07. The zero-order valence-corrected chi connectivity index (χ0v) is 10.8. The van der Waals surface area contributed by atoms with Crippen LogP contribution >= 0.6 is 0 Å². The Kier molecular flexibility index (Phi) is 2.88. The molecular formula is C16H14O3. The fourth-order valence-corrected chi connectivity index (χ4v) is 2.12. The molecule has 0 aliphatic rings. The molecule has 2 aromatic carbocycles. The average molecular weight is 254 g/mol. The number of hydrogen-bond donors (Lipinski definition) is 0. The molecule has 1 aromatic heterocycles. The smallest absolute Gasteiger partial charge is 0.139 e. The second kappa shape index (κ2) is 4.69. The second-order valence-electron chi connectivity index (χ2n) is 4.21. The molecule has 3 nitrogen and oxygen atoms in total. The maximum absolute atomic E-state index is 5.86. The summed E-state index contributed by atoms with van der Waals surface area (Å²) in [6.07, 6.45) is 0. The van der Waals surface area contributed by atoms with Gasteiger partial charge in [-0.3, -0.25) is 0 Å². The highest BCUT2D eigenvalue weighted by Crippen LogP contribution is 2.36. The van der Waals surface area contributed by atoms with Crippen molar-refractivity contribution in [2.75, 3.05) is 14.2 Å². The Hall–Kier alpha value is -2.42. The fourth-order valence-electron chi connectivity index (χ4n) is 2.12. The zero-order chi connectivity index (χ0) is 13.2. The summed E-state index contributed by atoms with van der Waals surface area (Å²) in [6, 6.07) is 15.6. The predicted octanol–water partition coefficient (Wildman–Crippen LogP) is 4.12. The summed E-state index contributed by atoms with van der Waals surface area (Å²) >= 11 is 0. The number of furan rings is 1. The van der Waals surface area contributed by atoms with Gasteiger partial charge in [-0.05, 0) is 30.3 Å². The molecule has 0 saturated carbocycles. The first-order chi connectivity index (χ1) is 9.31. The molecule has 19 heavy (non-hydrogen) atoms. The van der Waals surface area contributed by atoms with Crippen molar-refractivity contribution in [1.29, 1.82) is 0 Å². The van der Waals surface area contributed by atoms with Crippen LogP contribution in [-0.2, 0) is 0 Å². The minimum atomic E-state index is 0.764. The number of rotatable bonds is 3. The van der Waals surface area contributed by atoms with Gasteiger partial charge >= 0.3 is 0 Å². The Bertz CT molecular complexity index is 680. The molecule has 0 radical (unpaired) electrons. The van der Waals surface area contributed by atoms with Crippen LogP contribution in [0.1, 0.15) is 0 Å². The van der Waals surface area contributed by atoms with Crippen molar-refractivity contribution in [2.45, 2.75) is 0 Å². The predicted molar refractivity (Wildman–Crippen MR) is 74.8 cm³/mol. The topological polar surface area (TPSA) is 31.6 Å². The summed E-state index contributed by atoms with van der Waals surface area (Å²) in [5.41, 5.74) is 1.75. The summed E-state index contributed by atoms with van der Waals surface area (Å²) in [7, 11) is 3.29. The van der Waals surface area contributed by atoms with Gasteiger partial charge in [0, 0.05) is 5.39 Å². The minimum Gasteiger partial charge on any atom is -0.497 e. The monoisotopic (exact) mass is 254 g/mol. The number of ether oxygens (including phenoxy) is 2. The number of hydrogen-bond acceptors (Lipinski definition) is 3. The molecule has 0 unspecified atom stereocenters. The van der Waals surface area contributed by atoms with Gasteiger partial charge in [0.1, 0.15) is 22.8 Å². The molecule has 3 rings (SSSR count). The molecule has 0 aliphatic carbocycles. The van der Waals surface area contributed by atoms with Gasteiger partial charge in [0.25, 0.3) is 0 Å². The molecular weight excluding hydrogens is 240 g/mol. The van der Waals surface area contributed by atoms with E-state index >= 15 is 0 Å². The van der Waals surface area contributed by atoms with Crippen LogP contribution < -0.4 is 9.47 Å². The minimum absolute atomic E-state index is 0.764. The highest BCUT2D eigenvalue weighted by Gasteiger charge is 2.12. The van der Waals surface area contributed by atoms with E-state index < -0.39 is 0 Å². The van der Waals surface area contributed by atoms with Crippen molar-refractivity contribution in [3.8, 4) is 22.8 Å². The lowest BCUT2D eigenvalue weighted by Crippen LogP contribution is -1.89. The molecule has 0 saturated heterocycles. The molecule has 96 valence electrons. The molecule has 0 aliphatic heterocycles. The zero-order valence-electron chi connectivity index (χ0n) is 10.8. The van der Waals surface area contributed by atoms with Crippen LogP contribution in [0.5, 0.6) is 11.5 Å². The van der Waals surface area contributed by atoms with Gasteiger partial charge in [0.05, 0.1) is 19.8 Å². The lowest BCUT2D eigenvalue weighted by atomic mass is 10.1. The second-order valence-corrected chi connectivity index (χ2v) is 4.21. The summed E-state index contributed by atoms with van der Waals surface area (Å²) in [4.78, 5) is 0. The molecule has 0 fully saturated rings. The van der Waals surface area contributed by atoms with Crippen LogP contribution in [0.2, 0.25) is 0 Å². The third-order valence-corrected chi connectivity index (χ3v) is 3.10. The maximum Gasteiger partial charge on any atom is 0.139 e. The van der Waals surface area contributed by atoms with E-state index in [1.165, 1.54) is 0 Å². The van der Waals surface area contributed by atoms with Crippen LogP contribution in [-0.4, -0.2) is 14.2 Å². The van der Waals surface area contributed by atoms with E-state index in [0.29, 0.717) is 0 Å². The van der Waals surface area contributed by atoms with Crippen LogP contribution in [0.25, 0.3) is 22.3 Å². The van der Waals surface area contributed by atoms with Gasteiger partial charge in [-0.2, -0.15) is 0 Å². The Labute approximate surface area is 111 Å². The third-order valence-electron chi connectivity index (χ3n) is 3.10. The lowest BCUT2D eigenvalue weighted by Gasteiger charge is -2.08. The van der Waals surface area contributed by atoms with Crippen molar-refractivity contribution < 1.29 is 13.9 Å². The Morgan fingerprint density at radius 2 is 1.74 bits per heavy atom. The summed E-state index contributed by atoms with van der Waals surface area (Å²) in [5.74, 6) is 2.31. The van der Waals surface area contributed by atoms with E-state index in [2.05, 4.69) is 0 Å². The number of fused-ring (bicyclic) bond motifs is 1. The SMILES string of the molecule is COc1ccc(OC)c(-c2cc3ccccc3o2)c1. The molecule has 0 N–H and O–H groups in total. The molecule has 1 heterocycles. The Morgan fingerprint density at radius 1 is 0.895 bits per heavy atom. The number of benzene rings is 2. The largest absolute Gasteiger partial charge is 0.497 e. The average Bonchev–Trinajstić information content (AvgIpc) is 2.90. The summed E-state index contributed by atoms with van der Waals surface area (Å²) < 4.78 is 16.5. The van der Waals surface area contributed by atoms with Crippen molar-refractivity contribution in [3.63, 3.8) is 0 Å². The van der Waals surface area contributed by atoms with E-state index in [1.54, 1.807) is 14.2 Å². The third kappa shape index (κ3) is 2.03. The highest BCUT2D eigenvalue weighted by molar-refractivity contribution is 5.84. The molecule has 0 amide bonds. The van der Waals surface area contributed by atoms with E-state index in [9.17, 15) is 0 Å². The molecule has 0 bridgehead atoms. The molecule has 0 spiro atoms. The number of para-hydroxylation sites is 1. The quantitative estimate of drug-likeness (QED) is 0.704. The van der Waals surface area contributed by atoms with Gasteiger partial charge < -0.3 is 13.9 Å². The first-order valence-electron chi connectivity index (χ1n) is 6.03. The van der Waals surface area contributed by atoms with Crippen LogP contribution in [0.3, 0.4) is 0 Å². The van der Waals surface area contributed by atoms with Crippen molar-refractivity contribution >= 4 is 11.0 Å². The van der Waals surface area contributed by atoms with Crippen molar-refractivity contribution in [2.24, 2.45) is 0 Å². The van der Waals surface area contributed by atoms with E-state index in [0.717, 1.165) is 33.8 Å². The van der Waals surface area contributed by atoms with Gasteiger partial charge in [0.2, 0.25) is 0 Å². The standard InChI is InChI=1S/C16H14O3/c1-17-12-7-8-15(18-2)13(10-12)16-9-11-5-3-4-6-14(11)19-16/h3-10H,1-2H3. The highest BCUT2D eigenvalue weighted by atomic mass is 16.5. The van der Waals surface area contributed by atoms with Gasteiger partial charge in [-0.15, -0.1) is 0 Å². The summed E-state index contributed by atoms with van der Waals surface area (Å²) in [6.45, 7) is 0. The van der Waals surface area contributed by atoms with E-state index in [-0.39, 0.29) is 0 Å². The maximum atomic E-state index is 5.86. The van der Waals surface area contributed by atoms with Crippen LogP contribution in [0.15, 0.2) is 52.9 Å². The van der Waals surface area contributed by atoms with E-state index in [1.807, 2.05) is 48.5 Å². The first kappa shape index (κ1) is 11.7. The van der Waals surface area contributed by atoms with Crippen LogP contribution in [0, 0.1) is 0 Å². The van der Waals surface area contributed by atoms with Crippen LogP contribution in [0.4, 0.5) is 0 Å². The van der Waals surface area contributed by atoms with Crippen molar-refractivity contribution in [1.82, 2.24) is 0 Å². The lowest BCUT2D eigenvalue weighted by molar-refractivity contribution is 0.403.